The molecule has 1 spiro atoms. The van der Waals surface area contributed by atoms with Gasteiger partial charge in [-0.2, -0.15) is 0 Å². The third-order valence-electron chi connectivity index (χ3n) is 7.83. The van der Waals surface area contributed by atoms with E-state index in [-0.39, 0.29) is 23.5 Å². The van der Waals surface area contributed by atoms with Gasteiger partial charge in [-0.1, -0.05) is 23.8 Å². The van der Waals surface area contributed by atoms with Crippen molar-refractivity contribution in [2.45, 2.75) is 76.4 Å². The Bertz CT molecular complexity index is 645. The zero-order valence-electron chi connectivity index (χ0n) is 18.8. The molecule has 3 saturated heterocycles. The van der Waals surface area contributed by atoms with Gasteiger partial charge in [0.15, 0.2) is 0 Å². The minimum absolute atomic E-state index is 0.0521. The van der Waals surface area contributed by atoms with Crippen molar-refractivity contribution in [3.8, 4) is 0 Å². The highest BCUT2D eigenvalue weighted by molar-refractivity contribution is 5.78. The van der Waals surface area contributed by atoms with Crippen LogP contribution < -0.4 is 5.32 Å². The van der Waals surface area contributed by atoms with E-state index < -0.39 is 0 Å². The summed E-state index contributed by atoms with van der Waals surface area (Å²) in [4.78, 5) is 15.0. The third-order valence-corrected chi connectivity index (χ3v) is 7.83. The second kappa shape index (κ2) is 9.97. The number of amides is 1. The fourth-order valence-electron chi connectivity index (χ4n) is 5.61. The highest BCUT2D eigenvalue weighted by Crippen LogP contribution is 2.39. The standard InChI is InChI=1S/C25H40N2O3/c1-19(2)21-5-3-20(4-6-21)18-27-13-11-25(12-14-27)10-7-23(30-25)17-26-24(28)22-8-15-29-16-9-22/h3,21-23H,1,4-18H2,2H3,(H,26,28)/t21-,23+/m1/s1. The van der Waals surface area contributed by atoms with Crippen LogP contribution in [-0.2, 0) is 14.3 Å². The molecule has 4 rings (SSSR count). The van der Waals surface area contributed by atoms with Gasteiger partial charge in [-0.05, 0) is 70.6 Å². The van der Waals surface area contributed by atoms with Crippen molar-refractivity contribution >= 4 is 5.91 Å². The fraction of sp³-hybridized carbons (Fsp3) is 0.800. The molecule has 3 fully saturated rings. The molecular weight excluding hydrogens is 376 g/mol. The van der Waals surface area contributed by atoms with Crippen LogP contribution in [0.15, 0.2) is 23.8 Å². The molecule has 168 valence electrons. The summed E-state index contributed by atoms with van der Waals surface area (Å²) < 4.78 is 11.9. The van der Waals surface area contributed by atoms with E-state index in [1.54, 1.807) is 5.57 Å². The number of nitrogens with zero attached hydrogens (tertiary/aromatic N) is 1. The van der Waals surface area contributed by atoms with Crippen LogP contribution in [0, 0.1) is 11.8 Å². The lowest BCUT2D eigenvalue weighted by atomic mass is 9.84. The molecule has 30 heavy (non-hydrogen) atoms. The van der Waals surface area contributed by atoms with Gasteiger partial charge in [0.25, 0.3) is 0 Å². The molecule has 0 bridgehead atoms. The summed E-state index contributed by atoms with van der Waals surface area (Å²) in [6.07, 6.45) is 12.5. The summed E-state index contributed by atoms with van der Waals surface area (Å²) in [7, 11) is 0. The van der Waals surface area contributed by atoms with E-state index in [1.807, 2.05) is 0 Å². The molecule has 5 heteroatoms. The molecule has 0 aromatic carbocycles. The molecule has 5 nitrogen and oxygen atoms in total. The Balaban J connectivity index is 1.17. The maximum atomic E-state index is 12.4. The van der Waals surface area contributed by atoms with Crippen molar-refractivity contribution in [2.24, 2.45) is 11.8 Å². The second-order valence-electron chi connectivity index (χ2n) is 10.0. The first-order valence-electron chi connectivity index (χ1n) is 12.1. The fourth-order valence-corrected chi connectivity index (χ4v) is 5.61. The second-order valence-corrected chi connectivity index (χ2v) is 10.0. The van der Waals surface area contributed by atoms with E-state index in [4.69, 9.17) is 9.47 Å². The molecule has 0 aromatic rings. The number of carbonyl (C=O) groups is 1. The van der Waals surface area contributed by atoms with Crippen LogP contribution in [-0.4, -0.2) is 61.9 Å². The van der Waals surface area contributed by atoms with E-state index in [0.29, 0.717) is 25.7 Å². The predicted octanol–water partition coefficient (Wildman–Crippen LogP) is 3.85. The van der Waals surface area contributed by atoms with Crippen LogP contribution in [0.4, 0.5) is 0 Å². The summed E-state index contributed by atoms with van der Waals surface area (Å²) in [5.74, 6) is 0.999. The molecule has 0 radical (unpaired) electrons. The van der Waals surface area contributed by atoms with Crippen molar-refractivity contribution in [2.75, 3.05) is 39.4 Å². The lowest BCUT2D eigenvalue weighted by Gasteiger charge is -2.40. The van der Waals surface area contributed by atoms with Gasteiger partial charge in [-0.25, -0.2) is 0 Å². The van der Waals surface area contributed by atoms with Crippen molar-refractivity contribution < 1.29 is 14.3 Å². The number of hydrogen-bond acceptors (Lipinski definition) is 4. The number of rotatable bonds is 6. The van der Waals surface area contributed by atoms with E-state index in [2.05, 4.69) is 29.8 Å². The SMILES string of the molecule is C=C(C)[C@@H]1CC=C(CN2CCC3(CC[C@@H](CNC(=O)C4CCOCC4)O3)CC2)CC1. The lowest BCUT2D eigenvalue weighted by molar-refractivity contribution is -0.129. The van der Waals surface area contributed by atoms with Gasteiger partial charge in [-0.15, -0.1) is 0 Å². The largest absolute Gasteiger partial charge is 0.381 e. The molecule has 1 aliphatic carbocycles. The average molecular weight is 417 g/mol. The van der Waals surface area contributed by atoms with Crippen molar-refractivity contribution in [3.05, 3.63) is 23.8 Å². The van der Waals surface area contributed by atoms with Crippen LogP contribution in [0.3, 0.4) is 0 Å². The molecule has 3 heterocycles. The highest BCUT2D eigenvalue weighted by Gasteiger charge is 2.42. The van der Waals surface area contributed by atoms with Crippen LogP contribution >= 0.6 is 0 Å². The molecular formula is C25H40N2O3. The van der Waals surface area contributed by atoms with Gasteiger partial charge < -0.3 is 14.8 Å². The minimum Gasteiger partial charge on any atom is -0.381 e. The topological polar surface area (TPSA) is 50.8 Å². The van der Waals surface area contributed by atoms with E-state index in [9.17, 15) is 4.79 Å². The van der Waals surface area contributed by atoms with Crippen LogP contribution in [0.5, 0.6) is 0 Å². The Morgan fingerprint density at radius 1 is 1.17 bits per heavy atom. The minimum atomic E-state index is 0.0521. The Kier molecular flexibility index (Phi) is 7.32. The highest BCUT2D eigenvalue weighted by atomic mass is 16.5. The number of hydrogen-bond donors (Lipinski definition) is 1. The van der Waals surface area contributed by atoms with Crippen LogP contribution in [0.25, 0.3) is 0 Å². The van der Waals surface area contributed by atoms with E-state index in [0.717, 1.165) is 58.2 Å². The van der Waals surface area contributed by atoms with Crippen LogP contribution in [0.2, 0.25) is 0 Å². The Morgan fingerprint density at radius 3 is 2.60 bits per heavy atom. The lowest BCUT2D eigenvalue weighted by Crippen LogP contribution is -2.46. The van der Waals surface area contributed by atoms with Crippen molar-refractivity contribution in [1.29, 1.82) is 0 Å². The first-order valence-corrected chi connectivity index (χ1v) is 12.1. The Labute approximate surface area is 182 Å². The zero-order valence-corrected chi connectivity index (χ0v) is 18.8. The summed E-state index contributed by atoms with van der Waals surface area (Å²) in [6.45, 7) is 11.8. The number of carbonyl (C=O) groups excluding carboxylic acids is 1. The Morgan fingerprint density at radius 2 is 1.93 bits per heavy atom. The van der Waals surface area contributed by atoms with E-state index >= 15 is 0 Å². The van der Waals surface area contributed by atoms with E-state index in [1.165, 1.54) is 24.8 Å². The molecule has 0 saturated carbocycles. The molecule has 3 aliphatic heterocycles. The van der Waals surface area contributed by atoms with Gasteiger partial charge in [-0.3, -0.25) is 9.69 Å². The van der Waals surface area contributed by atoms with Crippen molar-refractivity contribution in [1.82, 2.24) is 10.2 Å². The van der Waals surface area contributed by atoms with Gasteiger partial charge in [0.05, 0.1) is 11.7 Å². The van der Waals surface area contributed by atoms with Crippen LogP contribution in [0.1, 0.15) is 64.7 Å². The molecule has 0 unspecified atom stereocenters. The molecule has 2 atom stereocenters. The maximum Gasteiger partial charge on any atom is 0.223 e. The summed E-state index contributed by atoms with van der Waals surface area (Å²) in [6, 6.07) is 0. The smallest absolute Gasteiger partial charge is 0.223 e. The van der Waals surface area contributed by atoms with Crippen molar-refractivity contribution in [3.63, 3.8) is 0 Å². The van der Waals surface area contributed by atoms with Gasteiger partial charge in [0, 0.05) is 45.3 Å². The number of nitrogens with one attached hydrogen (secondary N) is 1. The number of ether oxygens (including phenoxy) is 2. The average Bonchev–Trinajstić information content (AvgIpc) is 3.17. The maximum absolute atomic E-state index is 12.4. The van der Waals surface area contributed by atoms with Gasteiger partial charge in [0.1, 0.15) is 0 Å². The zero-order chi connectivity index (χ0) is 21.0. The summed E-state index contributed by atoms with van der Waals surface area (Å²) >= 11 is 0. The normalized spacial score (nSPS) is 30.2. The molecule has 1 amide bonds. The number of piperidine rings is 1. The number of allylic oxidation sites excluding steroid dienone is 2. The van der Waals surface area contributed by atoms with Gasteiger partial charge in [0.2, 0.25) is 5.91 Å². The first kappa shape index (κ1) is 22.0. The quantitative estimate of drug-likeness (QED) is 0.669. The summed E-state index contributed by atoms with van der Waals surface area (Å²) in [5.41, 5.74) is 3.00. The Hall–Kier alpha value is -1.17. The summed E-state index contributed by atoms with van der Waals surface area (Å²) in [5, 5.41) is 3.15. The van der Waals surface area contributed by atoms with Gasteiger partial charge >= 0.3 is 0 Å². The third kappa shape index (κ3) is 5.54. The number of likely N-dealkylation sites (tertiary alicyclic amines) is 1. The monoisotopic (exact) mass is 416 g/mol. The molecule has 1 N–H and O–H groups in total. The first-order chi connectivity index (χ1) is 14.5. The molecule has 4 aliphatic rings. The molecule has 0 aromatic heterocycles. The predicted molar refractivity (Wildman–Crippen MR) is 119 cm³/mol.